The maximum atomic E-state index is 13.6. The van der Waals surface area contributed by atoms with Gasteiger partial charge in [0.25, 0.3) is 0 Å². The summed E-state index contributed by atoms with van der Waals surface area (Å²) in [7, 11) is 0. The maximum absolute atomic E-state index is 13.6. The van der Waals surface area contributed by atoms with Crippen molar-refractivity contribution in [2.24, 2.45) is 4.99 Å². The minimum Gasteiger partial charge on any atom is -0.298 e. The molecule has 1 aliphatic heterocycles. The zero-order chi connectivity index (χ0) is 14.0. The van der Waals surface area contributed by atoms with Crippen molar-refractivity contribution in [2.75, 3.05) is 0 Å². The molecule has 0 unspecified atom stereocenters. The molecule has 6 heteroatoms. The molecule has 3 nitrogen and oxygen atoms in total. The van der Waals surface area contributed by atoms with E-state index in [1.54, 1.807) is 5.41 Å². The first-order valence-electron chi connectivity index (χ1n) is 5.79. The smallest absolute Gasteiger partial charge is 0.180 e. The number of thioether (sulfide) groups is 1. The van der Waals surface area contributed by atoms with E-state index in [0.717, 1.165) is 18.2 Å². The second-order valence-corrected chi connectivity index (χ2v) is 5.97. The highest BCUT2D eigenvalue weighted by atomic mass is 32.2. The predicted octanol–water partition coefficient (Wildman–Crippen LogP) is 3.26. The second-order valence-electron chi connectivity index (χ2n) is 5.11. The Morgan fingerprint density at radius 2 is 1.89 bits per heavy atom. The molecule has 1 aromatic rings. The van der Waals surface area contributed by atoms with E-state index >= 15 is 0 Å². The minimum absolute atomic E-state index is 0.190. The number of amidine groups is 1. The molecule has 102 valence electrons. The fraction of sp³-hybridized carbons (Fsp3) is 0.308. The molecule has 2 N–H and O–H groups in total. The third-order valence-corrected chi connectivity index (χ3v) is 3.02. The van der Waals surface area contributed by atoms with Crippen LogP contribution < -0.4 is 10.9 Å². The lowest BCUT2D eigenvalue weighted by molar-refractivity contribution is 0.579. The zero-order valence-electron chi connectivity index (χ0n) is 10.9. The molecule has 2 rings (SSSR count). The summed E-state index contributed by atoms with van der Waals surface area (Å²) >= 11 is 1.33. The SMILES string of the molecule is CC(C)(C)N=C1NNC(c2cc(F)ccc2F)=CS1. The number of nitrogens with one attached hydrogen (secondary N) is 2. The van der Waals surface area contributed by atoms with Crippen LogP contribution in [0.25, 0.3) is 5.70 Å². The fourth-order valence-electron chi connectivity index (χ4n) is 1.49. The van der Waals surface area contributed by atoms with Crippen molar-refractivity contribution in [3.63, 3.8) is 0 Å². The topological polar surface area (TPSA) is 36.4 Å². The van der Waals surface area contributed by atoms with E-state index in [4.69, 9.17) is 0 Å². The summed E-state index contributed by atoms with van der Waals surface area (Å²) in [4.78, 5) is 4.43. The maximum Gasteiger partial charge on any atom is 0.180 e. The molecule has 0 aromatic heterocycles. The largest absolute Gasteiger partial charge is 0.298 e. The van der Waals surface area contributed by atoms with Crippen LogP contribution in [0.5, 0.6) is 0 Å². The molecule has 1 aromatic carbocycles. The summed E-state index contributed by atoms with van der Waals surface area (Å²) < 4.78 is 26.7. The molecular formula is C13H15F2N3S. The number of hydrazine groups is 1. The highest BCUT2D eigenvalue weighted by Gasteiger charge is 2.16. The van der Waals surface area contributed by atoms with Crippen molar-refractivity contribution in [3.05, 3.63) is 40.8 Å². The number of nitrogens with zero attached hydrogens (tertiary/aromatic N) is 1. The molecule has 0 saturated carbocycles. The van der Waals surface area contributed by atoms with E-state index < -0.39 is 11.6 Å². The van der Waals surface area contributed by atoms with E-state index in [1.165, 1.54) is 11.8 Å². The number of halogens is 2. The van der Waals surface area contributed by atoms with Crippen molar-refractivity contribution in [3.8, 4) is 0 Å². The van der Waals surface area contributed by atoms with Gasteiger partial charge >= 0.3 is 0 Å². The van der Waals surface area contributed by atoms with E-state index in [2.05, 4.69) is 15.8 Å². The second kappa shape index (κ2) is 5.21. The van der Waals surface area contributed by atoms with Crippen LogP contribution in [-0.4, -0.2) is 10.7 Å². The molecular weight excluding hydrogens is 268 g/mol. The first-order valence-corrected chi connectivity index (χ1v) is 6.67. The summed E-state index contributed by atoms with van der Waals surface area (Å²) in [6.45, 7) is 5.94. The van der Waals surface area contributed by atoms with Crippen LogP contribution in [0.2, 0.25) is 0 Å². The monoisotopic (exact) mass is 283 g/mol. The Balaban J connectivity index is 2.22. The normalized spacial score (nSPS) is 17.7. The molecule has 19 heavy (non-hydrogen) atoms. The Morgan fingerprint density at radius 3 is 2.47 bits per heavy atom. The number of hydrogen-bond acceptors (Lipinski definition) is 3. The van der Waals surface area contributed by atoms with Gasteiger partial charge in [-0.25, -0.2) is 8.78 Å². The van der Waals surface area contributed by atoms with Gasteiger partial charge in [-0.2, -0.15) is 0 Å². The number of benzene rings is 1. The van der Waals surface area contributed by atoms with Gasteiger partial charge in [0.15, 0.2) is 5.17 Å². The summed E-state index contributed by atoms with van der Waals surface area (Å²) in [5.74, 6) is -0.947. The van der Waals surface area contributed by atoms with Crippen LogP contribution in [0, 0.1) is 11.6 Å². The van der Waals surface area contributed by atoms with Gasteiger partial charge in [0.1, 0.15) is 11.6 Å². The highest BCUT2D eigenvalue weighted by molar-refractivity contribution is 8.16. The molecule has 0 fully saturated rings. The lowest BCUT2D eigenvalue weighted by Gasteiger charge is -2.22. The van der Waals surface area contributed by atoms with Crippen molar-refractivity contribution in [2.45, 2.75) is 26.3 Å². The number of hydrogen-bond donors (Lipinski definition) is 2. The standard InChI is InChI=1S/C13H15F2N3S/c1-13(2,3)16-12-18-17-11(7-19-12)9-6-8(14)4-5-10(9)15/h4-7,17H,1-3H3,(H,16,18). The molecule has 0 amide bonds. The molecule has 0 atom stereocenters. The van der Waals surface area contributed by atoms with Crippen LogP contribution in [-0.2, 0) is 0 Å². The molecule has 0 radical (unpaired) electrons. The zero-order valence-corrected chi connectivity index (χ0v) is 11.7. The van der Waals surface area contributed by atoms with Gasteiger partial charge in [-0.1, -0.05) is 11.8 Å². The van der Waals surface area contributed by atoms with E-state index in [9.17, 15) is 8.78 Å². The Hall–Kier alpha value is -1.56. The van der Waals surface area contributed by atoms with Crippen molar-refractivity contribution >= 4 is 22.6 Å². The number of aliphatic imine (C=N–C) groups is 1. The van der Waals surface area contributed by atoms with Crippen LogP contribution in [0.1, 0.15) is 26.3 Å². The van der Waals surface area contributed by atoms with E-state index in [1.807, 2.05) is 20.8 Å². The average Bonchev–Trinajstić information content (AvgIpc) is 2.31. The van der Waals surface area contributed by atoms with Gasteiger partial charge in [-0.3, -0.25) is 15.8 Å². The minimum atomic E-state index is -0.474. The summed E-state index contributed by atoms with van der Waals surface area (Å²) in [5, 5.41) is 2.40. The van der Waals surface area contributed by atoms with Gasteiger partial charge < -0.3 is 0 Å². The van der Waals surface area contributed by atoms with E-state index in [-0.39, 0.29) is 11.1 Å². The molecule has 0 saturated heterocycles. The fourth-order valence-corrected chi connectivity index (χ4v) is 2.34. The van der Waals surface area contributed by atoms with Crippen LogP contribution in [0.4, 0.5) is 8.78 Å². The summed E-state index contributed by atoms with van der Waals surface area (Å²) in [6.07, 6.45) is 0. The molecule has 0 aliphatic carbocycles. The third-order valence-electron chi connectivity index (χ3n) is 2.25. The first kappa shape index (κ1) is 13.9. The molecule has 1 aliphatic rings. The molecule has 0 spiro atoms. The van der Waals surface area contributed by atoms with Crippen LogP contribution >= 0.6 is 11.8 Å². The lowest BCUT2D eigenvalue weighted by atomic mass is 10.1. The van der Waals surface area contributed by atoms with Gasteiger partial charge in [-0.05, 0) is 39.0 Å². The van der Waals surface area contributed by atoms with Crippen molar-refractivity contribution in [1.29, 1.82) is 0 Å². The Kier molecular flexibility index (Phi) is 3.80. The van der Waals surface area contributed by atoms with Crippen molar-refractivity contribution < 1.29 is 8.78 Å². The van der Waals surface area contributed by atoms with Gasteiger partial charge in [-0.15, -0.1) is 0 Å². The summed E-state index contributed by atoms with van der Waals surface area (Å²) in [6, 6.07) is 3.36. The Bertz CT molecular complexity index is 547. The van der Waals surface area contributed by atoms with Gasteiger partial charge in [0.2, 0.25) is 0 Å². The lowest BCUT2D eigenvalue weighted by Crippen LogP contribution is -2.38. The number of rotatable bonds is 1. The molecule has 0 bridgehead atoms. The van der Waals surface area contributed by atoms with Crippen LogP contribution in [0.3, 0.4) is 0 Å². The highest BCUT2D eigenvalue weighted by Crippen LogP contribution is 2.23. The quantitative estimate of drug-likeness (QED) is 0.830. The van der Waals surface area contributed by atoms with Crippen molar-refractivity contribution in [1.82, 2.24) is 10.9 Å². The Morgan fingerprint density at radius 1 is 1.16 bits per heavy atom. The predicted molar refractivity (Wildman–Crippen MR) is 75.4 cm³/mol. The third kappa shape index (κ3) is 3.70. The van der Waals surface area contributed by atoms with E-state index in [0.29, 0.717) is 10.9 Å². The molecule has 1 heterocycles. The Labute approximate surface area is 115 Å². The van der Waals surface area contributed by atoms with Gasteiger partial charge in [0, 0.05) is 11.0 Å². The van der Waals surface area contributed by atoms with Crippen LogP contribution in [0.15, 0.2) is 28.6 Å². The average molecular weight is 283 g/mol. The van der Waals surface area contributed by atoms with Gasteiger partial charge in [0.05, 0.1) is 11.2 Å². The summed E-state index contributed by atoms with van der Waals surface area (Å²) in [5.41, 5.74) is 6.17. The first-order chi connectivity index (χ1) is 8.85.